The van der Waals surface area contributed by atoms with Gasteiger partial charge in [-0.15, -0.1) is 0 Å². The number of carbonyl (C=O) groups is 1. The summed E-state index contributed by atoms with van der Waals surface area (Å²) in [4.78, 5) is 25.4. The number of aliphatic imine (C=N–C) groups is 2. The highest BCUT2D eigenvalue weighted by Gasteiger charge is 2.27. The molecule has 0 amide bonds. The van der Waals surface area contributed by atoms with E-state index in [-0.39, 0.29) is 12.2 Å². The molecular formula is C24H25Cl2N5O2. The normalized spacial score (nSPS) is 12.8. The van der Waals surface area contributed by atoms with Crippen LogP contribution < -0.4 is 15.8 Å². The van der Waals surface area contributed by atoms with Crippen molar-refractivity contribution >= 4 is 57.9 Å². The number of nitrogen functional groups attached to an aromatic ring is 1. The quantitative estimate of drug-likeness (QED) is 0.156. The lowest BCUT2D eigenvalue weighted by Gasteiger charge is -2.25. The summed E-state index contributed by atoms with van der Waals surface area (Å²) in [5.74, 6) is 0.245. The second kappa shape index (κ2) is 11.1. The highest BCUT2D eigenvalue weighted by Crippen LogP contribution is 2.41. The van der Waals surface area contributed by atoms with Crippen molar-refractivity contribution in [3.05, 3.63) is 63.8 Å². The minimum absolute atomic E-state index is 0.190. The summed E-state index contributed by atoms with van der Waals surface area (Å²) in [7, 11) is 1.63. The predicted molar refractivity (Wildman–Crippen MR) is 136 cm³/mol. The van der Waals surface area contributed by atoms with Gasteiger partial charge in [0.25, 0.3) is 0 Å². The van der Waals surface area contributed by atoms with E-state index < -0.39 is 12.0 Å². The first-order chi connectivity index (χ1) is 15.9. The molecule has 3 rings (SSSR count). The van der Waals surface area contributed by atoms with Crippen molar-refractivity contribution in [2.75, 3.05) is 12.8 Å². The minimum Gasteiger partial charge on any atom is -0.424 e. The molecule has 33 heavy (non-hydrogen) atoms. The summed E-state index contributed by atoms with van der Waals surface area (Å²) in [6.07, 6.45) is 4.28. The van der Waals surface area contributed by atoms with E-state index in [0.29, 0.717) is 43.7 Å². The number of hydrogen-bond donors (Lipinski definition) is 2. The molecular weight excluding hydrogens is 461 g/mol. The average molecular weight is 486 g/mol. The summed E-state index contributed by atoms with van der Waals surface area (Å²) in [5, 5.41) is 4.76. The van der Waals surface area contributed by atoms with Crippen LogP contribution in [0.25, 0.3) is 10.9 Å². The van der Waals surface area contributed by atoms with Gasteiger partial charge in [0.2, 0.25) is 5.96 Å². The van der Waals surface area contributed by atoms with Gasteiger partial charge in [0.05, 0.1) is 21.8 Å². The summed E-state index contributed by atoms with van der Waals surface area (Å²) < 4.78 is 5.78. The molecule has 172 valence electrons. The number of fused-ring (bicyclic) bond motifs is 1. The third-order valence-electron chi connectivity index (χ3n) is 4.89. The summed E-state index contributed by atoms with van der Waals surface area (Å²) in [5.41, 5.74) is 8.16. The molecule has 0 radical (unpaired) electrons. The Labute approximate surface area is 202 Å². The Kier molecular flexibility index (Phi) is 8.25. The number of hydrogen-bond acceptors (Lipinski definition) is 5. The second-order valence-electron chi connectivity index (χ2n) is 7.10. The maximum absolute atomic E-state index is 12.4. The van der Waals surface area contributed by atoms with Gasteiger partial charge >= 0.3 is 5.97 Å². The maximum Gasteiger partial charge on any atom is 0.310 e. The summed E-state index contributed by atoms with van der Waals surface area (Å²) in [6.45, 7) is 3.69. The predicted octanol–water partition coefficient (Wildman–Crippen LogP) is 5.58. The van der Waals surface area contributed by atoms with Crippen molar-refractivity contribution in [2.24, 2.45) is 9.98 Å². The zero-order valence-electron chi connectivity index (χ0n) is 18.6. The Morgan fingerprint density at radius 2 is 2.03 bits per heavy atom. The lowest BCUT2D eigenvalue weighted by atomic mass is 9.95. The lowest BCUT2D eigenvalue weighted by Crippen LogP contribution is -2.29. The number of nitrogens with zero attached hydrogens (tertiary/aromatic N) is 3. The first kappa shape index (κ1) is 24.5. The number of nitrogens with two attached hydrogens (primary N) is 1. The molecule has 0 aliphatic rings. The van der Waals surface area contributed by atoms with Crippen LogP contribution in [0.1, 0.15) is 43.9 Å². The molecule has 2 aromatic carbocycles. The van der Waals surface area contributed by atoms with Gasteiger partial charge in [0, 0.05) is 36.8 Å². The van der Waals surface area contributed by atoms with Gasteiger partial charge in [0.1, 0.15) is 5.52 Å². The van der Waals surface area contributed by atoms with Crippen LogP contribution in [0.15, 0.2) is 52.6 Å². The number of ether oxygens (including phenoxy) is 1. The average Bonchev–Trinajstić information content (AvgIpc) is 2.83. The third-order valence-corrected chi connectivity index (χ3v) is 5.64. The Bertz CT molecular complexity index is 1230. The highest BCUT2D eigenvalue weighted by atomic mass is 35.5. The van der Waals surface area contributed by atoms with E-state index in [2.05, 4.69) is 20.3 Å². The van der Waals surface area contributed by atoms with Crippen LogP contribution in [0, 0.1) is 0 Å². The van der Waals surface area contributed by atoms with Gasteiger partial charge in [-0.3, -0.25) is 14.8 Å². The van der Waals surface area contributed by atoms with E-state index in [0.717, 1.165) is 6.42 Å². The van der Waals surface area contributed by atoms with Crippen LogP contribution in [-0.4, -0.2) is 30.2 Å². The molecule has 9 heteroatoms. The SMILES string of the molecule is CC/C=N\C(=NC)NC(c1cccc(N)c1Cl)c1cc(Cl)c2cccnc2c1OC(=O)CC. The number of esters is 1. The van der Waals surface area contributed by atoms with E-state index >= 15 is 0 Å². The molecule has 0 aliphatic carbocycles. The van der Waals surface area contributed by atoms with Crippen molar-refractivity contribution in [1.29, 1.82) is 0 Å². The molecule has 3 aromatic rings. The zero-order chi connectivity index (χ0) is 24.0. The fourth-order valence-corrected chi connectivity index (χ4v) is 3.79. The molecule has 1 unspecified atom stereocenters. The topological polar surface area (TPSA) is 102 Å². The fourth-order valence-electron chi connectivity index (χ4n) is 3.28. The molecule has 3 N–H and O–H groups in total. The van der Waals surface area contributed by atoms with Crippen LogP contribution in [-0.2, 0) is 4.79 Å². The highest BCUT2D eigenvalue weighted by molar-refractivity contribution is 6.36. The molecule has 0 fully saturated rings. The van der Waals surface area contributed by atoms with E-state index in [1.165, 1.54) is 0 Å². The second-order valence-corrected chi connectivity index (χ2v) is 7.88. The molecule has 7 nitrogen and oxygen atoms in total. The summed E-state index contributed by atoms with van der Waals surface area (Å²) >= 11 is 13.2. The first-order valence-corrected chi connectivity index (χ1v) is 11.2. The Hall–Kier alpha value is -3.16. The number of benzene rings is 2. The van der Waals surface area contributed by atoms with E-state index in [4.69, 9.17) is 33.7 Å². The Balaban J connectivity index is 2.32. The van der Waals surface area contributed by atoms with E-state index in [9.17, 15) is 4.79 Å². The van der Waals surface area contributed by atoms with Crippen molar-refractivity contribution in [3.63, 3.8) is 0 Å². The van der Waals surface area contributed by atoms with Crippen LogP contribution in [0.5, 0.6) is 5.75 Å². The van der Waals surface area contributed by atoms with Gasteiger partial charge in [-0.05, 0) is 36.2 Å². The molecule has 1 aromatic heterocycles. The molecule has 0 spiro atoms. The van der Waals surface area contributed by atoms with Gasteiger partial charge < -0.3 is 15.8 Å². The first-order valence-electron chi connectivity index (χ1n) is 10.5. The summed E-state index contributed by atoms with van der Waals surface area (Å²) in [6, 6.07) is 10.0. The number of anilines is 1. The van der Waals surface area contributed by atoms with Crippen LogP contribution >= 0.6 is 23.2 Å². The number of guanidine groups is 1. The number of nitrogens with one attached hydrogen (secondary N) is 1. The van der Waals surface area contributed by atoms with Crippen LogP contribution in [0.2, 0.25) is 10.0 Å². The van der Waals surface area contributed by atoms with Gasteiger partial charge in [-0.2, -0.15) is 0 Å². The van der Waals surface area contributed by atoms with Crippen molar-refractivity contribution in [2.45, 2.75) is 32.7 Å². The number of aromatic nitrogens is 1. The monoisotopic (exact) mass is 485 g/mol. The molecule has 0 saturated heterocycles. The zero-order valence-corrected chi connectivity index (χ0v) is 20.1. The Morgan fingerprint density at radius 3 is 2.73 bits per heavy atom. The molecule has 0 aliphatic heterocycles. The molecule has 1 heterocycles. The minimum atomic E-state index is -0.641. The van der Waals surface area contributed by atoms with E-state index in [1.54, 1.807) is 50.6 Å². The number of pyridine rings is 1. The van der Waals surface area contributed by atoms with Crippen molar-refractivity contribution in [1.82, 2.24) is 10.3 Å². The van der Waals surface area contributed by atoms with Gasteiger partial charge in [-0.1, -0.05) is 49.2 Å². The number of halogens is 2. The van der Waals surface area contributed by atoms with Gasteiger partial charge in [-0.25, -0.2) is 4.99 Å². The maximum atomic E-state index is 12.4. The molecule has 1 atom stereocenters. The van der Waals surface area contributed by atoms with Gasteiger partial charge in [0.15, 0.2) is 5.75 Å². The molecule has 0 bridgehead atoms. The van der Waals surface area contributed by atoms with Crippen LogP contribution in [0.4, 0.5) is 5.69 Å². The standard InChI is InChI=1S/C24H25Cl2N5O2/c1-4-11-30-24(28-3)31-21(15-8-6-10-18(27)20(15)26)16-13-17(25)14-9-7-12-29-22(14)23(16)33-19(32)5-2/h6-13,21H,4-5,27H2,1-3H3,(H,28,31)/b30-11-. The molecule has 0 saturated carbocycles. The van der Waals surface area contributed by atoms with Crippen LogP contribution in [0.3, 0.4) is 0 Å². The smallest absolute Gasteiger partial charge is 0.310 e. The largest absolute Gasteiger partial charge is 0.424 e. The fraction of sp³-hybridized carbons (Fsp3) is 0.250. The van der Waals surface area contributed by atoms with E-state index in [1.807, 2.05) is 19.1 Å². The van der Waals surface area contributed by atoms with Crippen molar-refractivity contribution in [3.8, 4) is 5.75 Å². The number of carbonyl (C=O) groups excluding carboxylic acids is 1. The lowest BCUT2D eigenvalue weighted by molar-refractivity contribution is -0.133. The third kappa shape index (κ3) is 5.43. The number of rotatable bonds is 6. The Morgan fingerprint density at radius 1 is 1.24 bits per heavy atom. The van der Waals surface area contributed by atoms with Crippen molar-refractivity contribution < 1.29 is 9.53 Å².